The van der Waals surface area contributed by atoms with E-state index in [2.05, 4.69) is 20.5 Å². The fourth-order valence-electron chi connectivity index (χ4n) is 3.29. The fraction of sp³-hybridized carbons (Fsp3) is 0.333. The van der Waals surface area contributed by atoms with Gasteiger partial charge in [-0.25, -0.2) is 0 Å². The van der Waals surface area contributed by atoms with Crippen molar-refractivity contribution in [2.75, 3.05) is 0 Å². The van der Waals surface area contributed by atoms with Crippen molar-refractivity contribution >= 4 is 43.5 Å². The van der Waals surface area contributed by atoms with Crippen LogP contribution in [0.3, 0.4) is 0 Å². The van der Waals surface area contributed by atoms with Crippen LogP contribution in [0.5, 0.6) is 0 Å². The number of rotatable bonds is 7. The van der Waals surface area contributed by atoms with Gasteiger partial charge in [0.2, 0.25) is 0 Å². The van der Waals surface area contributed by atoms with E-state index in [4.69, 9.17) is 0 Å². The van der Waals surface area contributed by atoms with Gasteiger partial charge in [-0.15, -0.1) is 0 Å². The van der Waals surface area contributed by atoms with Crippen molar-refractivity contribution in [1.29, 1.82) is 0 Å². The summed E-state index contributed by atoms with van der Waals surface area (Å²) in [6.45, 7) is 2.76. The number of pyridine rings is 1. The van der Waals surface area contributed by atoms with E-state index >= 15 is 0 Å². The quantitative estimate of drug-likeness (QED) is 0.390. The minimum atomic E-state index is 0.0803. The lowest BCUT2D eigenvalue weighted by molar-refractivity contribution is -0.118. The molecule has 0 amide bonds. The van der Waals surface area contributed by atoms with Crippen LogP contribution in [-0.2, 0) is 11.3 Å². The third-order valence-electron chi connectivity index (χ3n) is 4.67. The number of aromatic nitrogens is 1. The van der Waals surface area contributed by atoms with Gasteiger partial charge in [0.25, 0.3) is 0 Å². The van der Waals surface area contributed by atoms with Crippen molar-refractivity contribution in [2.45, 2.75) is 45.6 Å². The second kappa shape index (κ2) is 7.96. The predicted molar refractivity (Wildman–Crippen MR) is 107 cm³/mol. The highest BCUT2D eigenvalue weighted by Crippen LogP contribution is 2.23. The molecule has 0 aliphatic rings. The fourth-order valence-corrected chi connectivity index (χ4v) is 3.65. The van der Waals surface area contributed by atoms with Crippen LogP contribution in [0.15, 0.2) is 51.7 Å². The third kappa shape index (κ3) is 3.84. The molecule has 1 heterocycles. The van der Waals surface area contributed by atoms with E-state index in [9.17, 15) is 9.59 Å². The first kappa shape index (κ1) is 17.9. The Kier molecular flexibility index (Phi) is 5.69. The summed E-state index contributed by atoms with van der Waals surface area (Å²) in [7, 11) is 0. The molecule has 0 spiro atoms. The lowest BCUT2D eigenvalue weighted by atomic mass is 10.1. The summed E-state index contributed by atoms with van der Waals surface area (Å²) in [6, 6.07) is 13.7. The molecule has 2 aromatic carbocycles. The Hall–Kier alpha value is -1.94. The van der Waals surface area contributed by atoms with Crippen molar-refractivity contribution in [2.24, 2.45) is 0 Å². The SMILES string of the molecule is CCC(=O)CCCCCn1c2ccccc2c(=O)c2cc(Br)ccc21. The maximum atomic E-state index is 12.8. The number of nitrogens with zero attached hydrogens (tertiary/aromatic N) is 1. The van der Waals surface area contributed by atoms with Crippen molar-refractivity contribution in [3.63, 3.8) is 0 Å². The van der Waals surface area contributed by atoms with Gasteiger partial charge in [0.05, 0.1) is 11.0 Å². The molecule has 4 heteroatoms. The monoisotopic (exact) mass is 399 g/mol. The molecule has 0 aliphatic carbocycles. The number of hydrogen-bond donors (Lipinski definition) is 0. The van der Waals surface area contributed by atoms with Gasteiger partial charge in [-0.1, -0.05) is 41.4 Å². The molecule has 0 saturated heterocycles. The number of para-hydroxylation sites is 1. The highest BCUT2D eigenvalue weighted by Gasteiger charge is 2.10. The number of benzene rings is 2. The van der Waals surface area contributed by atoms with E-state index in [1.165, 1.54) is 0 Å². The van der Waals surface area contributed by atoms with E-state index < -0.39 is 0 Å². The Balaban J connectivity index is 1.93. The molecule has 130 valence electrons. The molecule has 0 bridgehead atoms. The Bertz CT molecular complexity index is 975. The number of carbonyl (C=O) groups is 1. The summed E-state index contributed by atoms with van der Waals surface area (Å²) < 4.78 is 3.15. The predicted octanol–water partition coefficient (Wildman–Crippen LogP) is 5.46. The minimum absolute atomic E-state index is 0.0803. The molecule has 0 unspecified atom stereocenters. The van der Waals surface area contributed by atoms with Crippen LogP contribution < -0.4 is 5.43 Å². The molecular weight excluding hydrogens is 378 g/mol. The highest BCUT2D eigenvalue weighted by molar-refractivity contribution is 9.10. The average molecular weight is 400 g/mol. The third-order valence-corrected chi connectivity index (χ3v) is 5.16. The molecule has 0 fully saturated rings. The summed E-state index contributed by atoms with van der Waals surface area (Å²) in [5.41, 5.74) is 2.03. The topological polar surface area (TPSA) is 39.1 Å². The molecular formula is C21H22BrNO2. The summed E-state index contributed by atoms with van der Waals surface area (Å²) in [5, 5.41) is 1.50. The molecule has 3 nitrogen and oxygen atoms in total. The van der Waals surface area contributed by atoms with Crippen LogP contribution in [-0.4, -0.2) is 10.4 Å². The maximum Gasteiger partial charge on any atom is 0.197 e. The zero-order chi connectivity index (χ0) is 17.8. The zero-order valence-electron chi connectivity index (χ0n) is 14.4. The van der Waals surface area contributed by atoms with Gasteiger partial charge in [0.15, 0.2) is 5.43 Å². The lowest BCUT2D eigenvalue weighted by Gasteiger charge is -2.15. The van der Waals surface area contributed by atoms with Crippen LogP contribution in [0.2, 0.25) is 0 Å². The number of unbranched alkanes of at least 4 members (excludes halogenated alkanes) is 2. The molecule has 3 aromatic rings. The van der Waals surface area contributed by atoms with Gasteiger partial charge in [-0.2, -0.15) is 0 Å². The van der Waals surface area contributed by atoms with E-state index in [0.717, 1.165) is 52.1 Å². The second-order valence-electron chi connectivity index (χ2n) is 6.36. The maximum absolute atomic E-state index is 12.8. The summed E-state index contributed by atoms with van der Waals surface area (Å²) >= 11 is 3.47. The number of Topliss-reactive ketones (excluding diaryl/α,β-unsaturated/α-hetero) is 1. The van der Waals surface area contributed by atoms with Gasteiger partial charge >= 0.3 is 0 Å². The summed E-state index contributed by atoms with van der Waals surface area (Å²) in [6.07, 6.45) is 4.26. The molecule has 0 atom stereocenters. The zero-order valence-corrected chi connectivity index (χ0v) is 16.0. The van der Waals surface area contributed by atoms with E-state index in [-0.39, 0.29) is 5.43 Å². The van der Waals surface area contributed by atoms with Gasteiger partial charge in [0.1, 0.15) is 5.78 Å². The Morgan fingerprint density at radius 1 is 1.00 bits per heavy atom. The first-order valence-electron chi connectivity index (χ1n) is 8.84. The summed E-state index contributed by atoms with van der Waals surface area (Å²) in [5.74, 6) is 0.337. The second-order valence-corrected chi connectivity index (χ2v) is 7.28. The van der Waals surface area contributed by atoms with Crippen LogP contribution in [0, 0.1) is 0 Å². The van der Waals surface area contributed by atoms with Crippen molar-refractivity contribution in [1.82, 2.24) is 4.57 Å². The first-order chi connectivity index (χ1) is 12.1. The Labute approximate surface area is 155 Å². The van der Waals surface area contributed by atoms with Crippen molar-refractivity contribution in [3.05, 3.63) is 57.2 Å². The minimum Gasteiger partial charge on any atom is -0.340 e. The van der Waals surface area contributed by atoms with Gasteiger partial charge in [-0.05, 0) is 43.2 Å². The number of fused-ring (bicyclic) bond motifs is 2. The number of carbonyl (C=O) groups excluding carboxylic acids is 1. The first-order valence-corrected chi connectivity index (χ1v) is 9.63. The van der Waals surface area contributed by atoms with Gasteiger partial charge in [-0.3, -0.25) is 9.59 Å². The highest BCUT2D eigenvalue weighted by atomic mass is 79.9. The molecule has 0 aliphatic heterocycles. The number of aryl methyl sites for hydroxylation is 1. The van der Waals surface area contributed by atoms with Crippen LogP contribution in [0.25, 0.3) is 21.8 Å². The van der Waals surface area contributed by atoms with Crippen LogP contribution in [0.4, 0.5) is 0 Å². The molecule has 0 radical (unpaired) electrons. The van der Waals surface area contributed by atoms with Crippen LogP contribution in [0.1, 0.15) is 39.0 Å². The lowest BCUT2D eigenvalue weighted by Crippen LogP contribution is -2.11. The molecule has 0 saturated carbocycles. The van der Waals surface area contributed by atoms with E-state index in [1.807, 2.05) is 49.4 Å². The standard InChI is InChI=1S/C21H22BrNO2/c1-2-16(24)8-4-3-7-13-23-19-10-6-5-9-17(19)21(25)18-14-15(22)11-12-20(18)23/h5-6,9-12,14H,2-4,7-8,13H2,1H3. The van der Waals surface area contributed by atoms with Gasteiger partial charge in [0, 0.05) is 34.6 Å². The molecule has 25 heavy (non-hydrogen) atoms. The normalized spacial score (nSPS) is 11.3. The van der Waals surface area contributed by atoms with Crippen molar-refractivity contribution < 1.29 is 4.79 Å². The Morgan fingerprint density at radius 2 is 1.76 bits per heavy atom. The Morgan fingerprint density at radius 3 is 2.56 bits per heavy atom. The largest absolute Gasteiger partial charge is 0.340 e. The smallest absolute Gasteiger partial charge is 0.197 e. The van der Waals surface area contributed by atoms with Gasteiger partial charge < -0.3 is 4.57 Å². The summed E-state index contributed by atoms with van der Waals surface area (Å²) in [4.78, 5) is 24.2. The molecule has 0 N–H and O–H groups in total. The number of hydrogen-bond acceptors (Lipinski definition) is 2. The van der Waals surface area contributed by atoms with E-state index in [0.29, 0.717) is 18.6 Å². The number of ketones is 1. The van der Waals surface area contributed by atoms with E-state index in [1.54, 1.807) is 0 Å². The van der Waals surface area contributed by atoms with Crippen molar-refractivity contribution in [3.8, 4) is 0 Å². The average Bonchev–Trinajstić information content (AvgIpc) is 2.63. The van der Waals surface area contributed by atoms with Crippen LogP contribution >= 0.6 is 15.9 Å². The molecule has 1 aromatic heterocycles. The molecule has 3 rings (SSSR count). The number of halogens is 1.